The van der Waals surface area contributed by atoms with Crippen LogP contribution < -0.4 is 5.23 Å². The Morgan fingerprint density at radius 3 is 2.43 bits per heavy atom. The summed E-state index contributed by atoms with van der Waals surface area (Å²) in [6, 6.07) is -0.653. The minimum absolute atomic E-state index is 0.653. The quantitative estimate of drug-likeness (QED) is 0.442. The second-order valence-electron chi connectivity index (χ2n) is 1.23. The van der Waals surface area contributed by atoms with Gasteiger partial charge in [0.05, 0.1) is 6.04 Å². The molecule has 0 aliphatic rings. The first-order valence-corrected chi connectivity index (χ1v) is 1.87. The van der Waals surface area contributed by atoms with E-state index in [0.717, 1.165) is 0 Å². The maximum atomic E-state index is 9.79. The second kappa shape index (κ2) is 2.63. The van der Waals surface area contributed by atoms with Crippen molar-refractivity contribution in [3.05, 3.63) is 0 Å². The van der Waals surface area contributed by atoms with Crippen LogP contribution >= 0.6 is 0 Å². The van der Waals surface area contributed by atoms with Crippen LogP contribution in [0.3, 0.4) is 0 Å². The summed E-state index contributed by atoms with van der Waals surface area (Å²) in [4.78, 5) is 9.79. The number of carboxylic acids is 1. The van der Waals surface area contributed by atoms with E-state index in [-0.39, 0.29) is 0 Å². The largest absolute Gasteiger partial charge is 0.480 e. The number of carboxylic acid groups (broad SMARTS) is 1. The van der Waals surface area contributed by atoms with Crippen molar-refractivity contribution in [3.8, 4) is 0 Å². The minimum Gasteiger partial charge on any atom is -0.480 e. The second-order valence-corrected chi connectivity index (χ2v) is 1.23. The average molecular weight is 98.9 g/mol. The predicted octanol–water partition coefficient (Wildman–Crippen LogP) is -0.867. The minimum atomic E-state index is -0.942. The van der Waals surface area contributed by atoms with Crippen LogP contribution in [0.1, 0.15) is 6.92 Å². The van der Waals surface area contributed by atoms with Crippen molar-refractivity contribution in [1.29, 1.82) is 0 Å². The van der Waals surface area contributed by atoms with Crippen molar-refractivity contribution in [3.63, 3.8) is 0 Å². The Labute approximate surface area is 43.1 Å². The van der Waals surface area contributed by atoms with Gasteiger partial charge in [-0.25, -0.2) is 0 Å². The van der Waals surface area contributed by atoms with Crippen LogP contribution in [-0.4, -0.2) is 25.1 Å². The monoisotopic (exact) mass is 99.0 g/mol. The predicted molar refractivity (Wildman–Crippen MR) is 26.0 cm³/mol. The highest BCUT2D eigenvalue weighted by Crippen LogP contribution is 1.73. The van der Waals surface area contributed by atoms with E-state index in [9.17, 15) is 4.79 Å². The molecule has 3 nitrogen and oxygen atoms in total. The number of rotatable bonds is 2. The molecule has 0 bridgehead atoms. The molecule has 0 heterocycles. The molecule has 1 unspecified atom stereocenters. The number of carbonyl (C=O) groups is 1. The fourth-order valence-electron chi connectivity index (χ4n) is 0.0713. The molecule has 0 fully saturated rings. The van der Waals surface area contributed by atoms with E-state index >= 15 is 0 Å². The summed E-state index contributed by atoms with van der Waals surface area (Å²) in [6.07, 6.45) is 0. The Morgan fingerprint density at radius 1 is 2.00 bits per heavy atom. The van der Waals surface area contributed by atoms with Gasteiger partial charge in [0.15, 0.2) is 7.98 Å². The molecular weight excluding hydrogens is 92.8 g/mol. The van der Waals surface area contributed by atoms with Crippen LogP contribution in [0.15, 0.2) is 0 Å². The summed E-state index contributed by atoms with van der Waals surface area (Å²) >= 11 is 0. The number of aliphatic carboxylic acids is 1. The normalized spacial score (nSPS) is 13.3. The Morgan fingerprint density at radius 2 is 2.43 bits per heavy atom. The van der Waals surface area contributed by atoms with Gasteiger partial charge < -0.3 is 10.3 Å². The zero-order valence-corrected chi connectivity index (χ0v) is 4.01. The molecule has 2 N–H and O–H groups in total. The lowest BCUT2D eigenvalue weighted by molar-refractivity contribution is -0.138. The summed E-state index contributed by atoms with van der Waals surface area (Å²) < 4.78 is 0. The first kappa shape index (κ1) is 6.49. The van der Waals surface area contributed by atoms with Gasteiger partial charge in [0.25, 0.3) is 0 Å². The van der Waals surface area contributed by atoms with Crippen molar-refractivity contribution in [2.45, 2.75) is 13.0 Å². The Kier molecular flexibility index (Phi) is 2.44. The van der Waals surface area contributed by atoms with E-state index in [1.165, 1.54) is 6.92 Å². The fraction of sp³-hybridized carbons (Fsp3) is 0.667. The highest BCUT2D eigenvalue weighted by atomic mass is 16.4. The molecular formula is C3H6BNO2. The van der Waals surface area contributed by atoms with Gasteiger partial charge in [-0.15, -0.1) is 0 Å². The zero-order chi connectivity index (χ0) is 5.86. The van der Waals surface area contributed by atoms with Crippen LogP contribution in [0.4, 0.5) is 0 Å². The third kappa shape index (κ3) is 2.22. The lowest BCUT2D eigenvalue weighted by atomic mass is 10.3. The van der Waals surface area contributed by atoms with E-state index < -0.39 is 12.0 Å². The van der Waals surface area contributed by atoms with E-state index in [4.69, 9.17) is 13.1 Å². The van der Waals surface area contributed by atoms with Crippen molar-refractivity contribution >= 4 is 14.0 Å². The molecule has 0 amide bonds. The molecule has 0 rings (SSSR count). The maximum Gasteiger partial charge on any atom is 0.319 e. The zero-order valence-electron chi connectivity index (χ0n) is 4.01. The van der Waals surface area contributed by atoms with Gasteiger partial charge in [-0.1, -0.05) is 0 Å². The molecule has 2 radical (unpaired) electrons. The Balaban J connectivity index is 3.34. The van der Waals surface area contributed by atoms with Gasteiger partial charge in [-0.2, -0.15) is 0 Å². The summed E-state index contributed by atoms with van der Waals surface area (Å²) in [7, 11) is 4.74. The van der Waals surface area contributed by atoms with Crippen molar-refractivity contribution in [2.24, 2.45) is 0 Å². The highest BCUT2D eigenvalue weighted by molar-refractivity contribution is 6.06. The van der Waals surface area contributed by atoms with Gasteiger partial charge in [-0.3, -0.25) is 4.79 Å². The first-order valence-electron chi connectivity index (χ1n) is 1.87. The Bertz CT molecular complexity index is 75.3. The fourth-order valence-corrected chi connectivity index (χ4v) is 0.0713. The molecule has 0 aromatic rings. The van der Waals surface area contributed by atoms with Crippen molar-refractivity contribution in [2.75, 3.05) is 0 Å². The van der Waals surface area contributed by atoms with E-state index in [2.05, 4.69) is 5.23 Å². The highest BCUT2D eigenvalue weighted by Gasteiger charge is 2.03. The standard InChI is InChI=1S/C3H6BNO2/c1-2(5-4)3(6)7/h2,5H,1H3,(H,6,7). The van der Waals surface area contributed by atoms with Gasteiger partial charge in [0.1, 0.15) is 0 Å². The molecule has 0 saturated heterocycles. The number of hydrogen-bond acceptors (Lipinski definition) is 2. The summed E-state index contributed by atoms with van der Waals surface area (Å²) in [5.41, 5.74) is 0. The molecule has 0 aromatic carbocycles. The third-order valence-corrected chi connectivity index (χ3v) is 0.620. The summed E-state index contributed by atoms with van der Waals surface area (Å²) in [6.45, 7) is 1.46. The number of hydrogen-bond donors (Lipinski definition) is 2. The number of nitrogens with one attached hydrogen (secondary N) is 1. The van der Waals surface area contributed by atoms with Gasteiger partial charge >= 0.3 is 5.97 Å². The summed E-state index contributed by atoms with van der Waals surface area (Å²) in [5, 5.41) is 10.1. The van der Waals surface area contributed by atoms with E-state index in [0.29, 0.717) is 0 Å². The first-order chi connectivity index (χ1) is 3.18. The third-order valence-electron chi connectivity index (χ3n) is 0.620. The topological polar surface area (TPSA) is 49.3 Å². The van der Waals surface area contributed by atoms with Crippen LogP contribution in [0, 0.1) is 0 Å². The van der Waals surface area contributed by atoms with Crippen LogP contribution in [-0.2, 0) is 4.79 Å². The van der Waals surface area contributed by atoms with Crippen LogP contribution in [0.2, 0.25) is 0 Å². The van der Waals surface area contributed by atoms with Gasteiger partial charge in [0, 0.05) is 0 Å². The lowest BCUT2D eigenvalue weighted by Gasteiger charge is -2.00. The molecule has 7 heavy (non-hydrogen) atoms. The van der Waals surface area contributed by atoms with Crippen LogP contribution in [0.5, 0.6) is 0 Å². The average Bonchev–Trinajstić information content (AvgIpc) is 1.65. The van der Waals surface area contributed by atoms with Crippen molar-refractivity contribution < 1.29 is 9.90 Å². The van der Waals surface area contributed by atoms with E-state index in [1.807, 2.05) is 0 Å². The Hall–Kier alpha value is -0.505. The molecule has 1 atom stereocenters. The maximum absolute atomic E-state index is 9.79. The molecule has 0 saturated carbocycles. The molecule has 0 aliphatic heterocycles. The van der Waals surface area contributed by atoms with E-state index in [1.54, 1.807) is 0 Å². The van der Waals surface area contributed by atoms with Crippen LogP contribution in [0.25, 0.3) is 0 Å². The smallest absolute Gasteiger partial charge is 0.319 e. The SMILES string of the molecule is [B]NC(C)C(=O)O. The lowest BCUT2D eigenvalue weighted by Crippen LogP contribution is -2.31. The van der Waals surface area contributed by atoms with Gasteiger partial charge in [0.2, 0.25) is 0 Å². The molecule has 38 valence electrons. The molecule has 0 aliphatic carbocycles. The van der Waals surface area contributed by atoms with Gasteiger partial charge in [-0.05, 0) is 6.92 Å². The molecule has 0 spiro atoms. The summed E-state index contributed by atoms with van der Waals surface area (Å²) in [5.74, 6) is -0.942. The molecule has 0 aromatic heterocycles. The van der Waals surface area contributed by atoms with Crippen molar-refractivity contribution in [1.82, 2.24) is 5.23 Å². The molecule has 4 heteroatoms.